The summed E-state index contributed by atoms with van der Waals surface area (Å²) in [4.78, 5) is 19.6. The van der Waals surface area contributed by atoms with Gasteiger partial charge in [0.1, 0.15) is 0 Å². The summed E-state index contributed by atoms with van der Waals surface area (Å²) in [5.41, 5.74) is 5.98. The predicted octanol–water partition coefficient (Wildman–Crippen LogP) is 4.18. The van der Waals surface area contributed by atoms with Crippen LogP contribution in [0.5, 0.6) is 0 Å². The number of anilines is 1. The van der Waals surface area contributed by atoms with Crippen LogP contribution in [-0.2, 0) is 10.0 Å². The third-order valence-electron chi connectivity index (χ3n) is 6.54. The van der Waals surface area contributed by atoms with Gasteiger partial charge in [-0.2, -0.15) is 4.31 Å². The van der Waals surface area contributed by atoms with Gasteiger partial charge in [0.05, 0.1) is 6.26 Å². The van der Waals surface area contributed by atoms with Gasteiger partial charge in [0, 0.05) is 61.7 Å². The number of piperazine rings is 1. The molecule has 0 bridgehead atoms. The number of nitrogens with zero attached hydrogens (tertiary/aromatic N) is 3. The number of hydrogen-bond donors (Lipinski definition) is 0. The van der Waals surface area contributed by atoms with Gasteiger partial charge in [-0.1, -0.05) is 36.4 Å². The molecule has 178 valence electrons. The van der Waals surface area contributed by atoms with Crippen LogP contribution in [0.25, 0.3) is 0 Å². The minimum Gasteiger partial charge on any atom is -0.369 e. The molecule has 0 N–H and O–H groups in total. The number of carbonyl (C=O) groups is 1. The number of sulfonamides is 1. The molecule has 0 amide bonds. The molecule has 1 fully saturated rings. The van der Waals surface area contributed by atoms with Crippen LogP contribution in [0, 0.1) is 13.8 Å². The van der Waals surface area contributed by atoms with Crippen molar-refractivity contribution < 1.29 is 13.2 Å². The summed E-state index contributed by atoms with van der Waals surface area (Å²) in [5.74, 6) is 0.0398. The molecule has 0 radical (unpaired) electrons. The van der Waals surface area contributed by atoms with Gasteiger partial charge in [-0.15, -0.1) is 0 Å². The smallest absolute Gasteiger partial charge is 0.211 e. The number of benzene rings is 2. The van der Waals surface area contributed by atoms with Crippen molar-refractivity contribution >= 4 is 21.5 Å². The van der Waals surface area contributed by atoms with Crippen LogP contribution in [0.2, 0.25) is 0 Å². The van der Waals surface area contributed by atoms with Gasteiger partial charge in [0.15, 0.2) is 5.78 Å². The summed E-state index contributed by atoms with van der Waals surface area (Å²) in [5, 5.41) is 0. The molecule has 1 saturated heterocycles. The van der Waals surface area contributed by atoms with Crippen molar-refractivity contribution in [2.24, 2.45) is 0 Å². The minimum absolute atomic E-state index is 0.0571. The van der Waals surface area contributed by atoms with Crippen LogP contribution in [-0.4, -0.2) is 55.9 Å². The predicted molar refractivity (Wildman–Crippen MR) is 136 cm³/mol. The van der Waals surface area contributed by atoms with Crippen molar-refractivity contribution in [2.45, 2.75) is 26.2 Å². The number of hydrogen-bond acceptors (Lipinski definition) is 5. The van der Waals surface area contributed by atoms with Gasteiger partial charge in [-0.05, 0) is 54.8 Å². The molecule has 1 aliphatic heterocycles. The molecule has 7 heteroatoms. The second kappa shape index (κ2) is 10.1. The highest BCUT2D eigenvalue weighted by molar-refractivity contribution is 7.88. The largest absolute Gasteiger partial charge is 0.369 e. The second-order valence-corrected chi connectivity index (χ2v) is 10.9. The minimum atomic E-state index is -3.15. The zero-order valence-corrected chi connectivity index (χ0v) is 20.8. The molecule has 1 atom stereocenters. The molecular weight excluding hydrogens is 446 g/mol. The van der Waals surface area contributed by atoms with Crippen LogP contribution in [0.1, 0.15) is 45.1 Å². The number of ketones is 1. The lowest BCUT2D eigenvalue weighted by atomic mass is 9.83. The summed E-state index contributed by atoms with van der Waals surface area (Å²) in [6, 6.07) is 20.2. The van der Waals surface area contributed by atoms with E-state index in [1.54, 1.807) is 12.3 Å². The highest BCUT2D eigenvalue weighted by Crippen LogP contribution is 2.33. The number of Topliss-reactive ketones (excluding diaryl/α,β-unsaturated/α-hetero) is 1. The summed E-state index contributed by atoms with van der Waals surface area (Å²) >= 11 is 0. The van der Waals surface area contributed by atoms with E-state index in [1.807, 2.05) is 25.1 Å². The van der Waals surface area contributed by atoms with Gasteiger partial charge < -0.3 is 4.90 Å². The van der Waals surface area contributed by atoms with Gasteiger partial charge in [-0.25, -0.2) is 8.42 Å². The molecule has 6 nitrogen and oxygen atoms in total. The van der Waals surface area contributed by atoms with E-state index in [2.05, 4.69) is 53.2 Å². The highest BCUT2D eigenvalue weighted by Gasteiger charge is 2.24. The first-order chi connectivity index (χ1) is 16.2. The Kier molecular flexibility index (Phi) is 7.14. The average Bonchev–Trinajstić information content (AvgIpc) is 2.83. The van der Waals surface area contributed by atoms with Crippen LogP contribution >= 0.6 is 0 Å². The second-order valence-electron chi connectivity index (χ2n) is 8.96. The van der Waals surface area contributed by atoms with Gasteiger partial charge in [0.25, 0.3) is 0 Å². The molecule has 1 aromatic heterocycles. The van der Waals surface area contributed by atoms with E-state index in [0.717, 1.165) is 28.1 Å². The Bertz CT molecular complexity index is 1260. The lowest BCUT2D eigenvalue weighted by molar-refractivity contribution is 0.0977. The number of rotatable bonds is 7. The maximum absolute atomic E-state index is 13.2. The van der Waals surface area contributed by atoms with E-state index in [0.29, 0.717) is 38.2 Å². The van der Waals surface area contributed by atoms with Crippen LogP contribution in [0.4, 0.5) is 5.69 Å². The Balaban J connectivity index is 1.57. The van der Waals surface area contributed by atoms with E-state index in [1.165, 1.54) is 10.6 Å². The van der Waals surface area contributed by atoms with E-state index in [9.17, 15) is 13.2 Å². The first-order valence-corrected chi connectivity index (χ1v) is 13.4. The molecule has 2 aromatic carbocycles. The fourth-order valence-corrected chi connectivity index (χ4v) is 5.43. The van der Waals surface area contributed by atoms with Crippen molar-refractivity contribution in [2.75, 3.05) is 37.3 Å². The van der Waals surface area contributed by atoms with E-state index in [-0.39, 0.29) is 11.7 Å². The van der Waals surface area contributed by atoms with Crippen molar-refractivity contribution in [1.29, 1.82) is 0 Å². The lowest BCUT2D eigenvalue weighted by Crippen LogP contribution is -2.48. The standard InChI is InChI=1S/C27H31N3O3S/c1-20-6-4-5-7-25(20)26(19-27(31)23-12-13-28-21(2)18-23)22-8-10-24(11-9-22)29-14-16-30(17-15-29)34(3,32)33/h4-13,18,26H,14-17,19H2,1-3H3. The number of carbonyl (C=O) groups excluding carboxylic acids is 1. The monoisotopic (exact) mass is 477 g/mol. The summed E-state index contributed by atoms with van der Waals surface area (Å²) in [6.07, 6.45) is 3.32. The first kappa shape index (κ1) is 24.1. The molecule has 2 heterocycles. The summed E-state index contributed by atoms with van der Waals surface area (Å²) < 4.78 is 25.1. The Labute approximate surface area is 202 Å². The Morgan fingerprint density at radius 1 is 0.971 bits per heavy atom. The van der Waals surface area contributed by atoms with E-state index in [4.69, 9.17) is 0 Å². The van der Waals surface area contributed by atoms with Crippen molar-refractivity contribution in [3.63, 3.8) is 0 Å². The lowest BCUT2D eigenvalue weighted by Gasteiger charge is -2.35. The van der Waals surface area contributed by atoms with Gasteiger partial charge in [0.2, 0.25) is 10.0 Å². The molecule has 1 aliphatic rings. The van der Waals surface area contributed by atoms with Gasteiger partial charge in [-0.3, -0.25) is 9.78 Å². The van der Waals surface area contributed by atoms with E-state index >= 15 is 0 Å². The van der Waals surface area contributed by atoms with Crippen LogP contribution < -0.4 is 4.90 Å². The molecule has 4 rings (SSSR count). The first-order valence-electron chi connectivity index (χ1n) is 11.5. The highest BCUT2D eigenvalue weighted by atomic mass is 32.2. The third kappa shape index (κ3) is 5.54. The maximum atomic E-state index is 13.2. The molecular formula is C27H31N3O3S. The molecule has 34 heavy (non-hydrogen) atoms. The molecule has 3 aromatic rings. The maximum Gasteiger partial charge on any atom is 0.211 e. The van der Waals surface area contributed by atoms with Crippen LogP contribution in [0.15, 0.2) is 66.9 Å². The molecule has 0 saturated carbocycles. The Hall–Kier alpha value is -3.03. The molecule has 0 spiro atoms. The Morgan fingerprint density at radius 2 is 1.65 bits per heavy atom. The summed E-state index contributed by atoms with van der Waals surface area (Å²) in [7, 11) is -3.15. The van der Waals surface area contributed by atoms with Crippen molar-refractivity contribution in [3.8, 4) is 0 Å². The van der Waals surface area contributed by atoms with E-state index < -0.39 is 10.0 Å². The Morgan fingerprint density at radius 3 is 2.26 bits per heavy atom. The average molecular weight is 478 g/mol. The van der Waals surface area contributed by atoms with Gasteiger partial charge >= 0.3 is 0 Å². The third-order valence-corrected chi connectivity index (χ3v) is 7.84. The molecule has 0 aliphatic carbocycles. The van der Waals surface area contributed by atoms with Crippen LogP contribution in [0.3, 0.4) is 0 Å². The zero-order chi connectivity index (χ0) is 24.3. The number of aromatic nitrogens is 1. The SMILES string of the molecule is Cc1cc(C(=O)CC(c2ccc(N3CCN(S(C)(=O)=O)CC3)cc2)c2ccccc2C)ccn1. The number of aryl methyl sites for hydroxylation is 2. The fourth-order valence-electron chi connectivity index (χ4n) is 4.60. The number of pyridine rings is 1. The topological polar surface area (TPSA) is 70.6 Å². The normalized spacial score (nSPS) is 15.8. The van der Waals surface area contributed by atoms with Crippen molar-refractivity contribution in [3.05, 3.63) is 94.8 Å². The molecule has 1 unspecified atom stereocenters. The zero-order valence-electron chi connectivity index (χ0n) is 19.9. The van der Waals surface area contributed by atoms with Crippen molar-refractivity contribution in [1.82, 2.24) is 9.29 Å². The quantitative estimate of drug-likeness (QED) is 0.478. The summed E-state index contributed by atoms with van der Waals surface area (Å²) in [6.45, 7) is 6.28. The fraction of sp³-hybridized carbons (Fsp3) is 0.333.